The van der Waals surface area contributed by atoms with E-state index < -0.39 is 30.4 Å². The Morgan fingerprint density at radius 1 is 1.00 bits per heavy atom. The summed E-state index contributed by atoms with van der Waals surface area (Å²) in [7, 11) is -4.36. The van der Waals surface area contributed by atoms with Gasteiger partial charge in [-0.3, -0.25) is 4.18 Å². The first kappa shape index (κ1) is 27.2. The van der Waals surface area contributed by atoms with E-state index in [9.17, 15) is 8.42 Å². The van der Waals surface area contributed by atoms with Crippen LogP contribution < -0.4 is 0 Å². The number of rotatable bonds is 10. The van der Waals surface area contributed by atoms with E-state index in [1.807, 2.05) is 0 Å². The van der Waals surface area contributed by atoms with Gasteiger partial charge in [0.15, 0.2) is 6.10 Å². The van der Waals surface area contributed by atoms with E-state index in [4.69, 9.17) is 25.3 Å². The Morgan fingerprint density at radius 3 is 1.90 bits per heavy atom. The molecule has 0 bridgehead atoms. The zero-order chi connectivity index (χ0) is 23.1. The van der Waals surface area contributed by atoms with Crippen molar-refractivity contribution >= 4 is 29.8 Å². The van der Waals surface area contributed by atoms with Crippen LogP contribution in [-0.2, 0) is 23.8 Å². The molecular formula is C22H35ClO5SSi. The largest absolute Gasteiger partial charge is 0.359 e. The summed E-state index contributed by atoms with van der Waals surface area (Å²) in [5.41, 5.74) is 5.46. The van der Waals surface area contributed by atoms with Gasteiger partial charge in [-0.05, 0) is 34.3 Å². The molecule has 0 amide bonds. The fourth-order valence-corrected chi connectivity index (χ4v) is 10.0. The normalized spacial score (nSPS) is 14.7. The average molecular weight is 475 g/mol. The summed E-state index contributed by atoms with van der Waals surface area (Å²) in [6, 6.07) is 7.00. The summed E-state index contributed by atoms with van der Waals surface area (Å²) in [6.45, 7) is 13.2. The van der Waals surface area contributed by atoms with Gasteiger partial charge in [0.05, 0.1) is 6.26 Å². The van der Waals surface area contributed by atoms with Crippen LogP contribution in [0.5, 0.6) is 0 Å². The van der Waals surface area contributed by atoms with Gasteiger partial charge in [0.1, 0.15) is 21.0 Å². The average Bonchev–Trinajstić information content (AvgIpc) is 2.61. The summed E-state index contributed by atoms with van der Waals surface area (Å²) in [6.07, 6.45) is -0.725. The number of benzene rings is 1. The van der Waals surface area contributed by atoms with Gasteiger partial charge in [0.2, 0.25) is 0 Å². The van der Waals surface area contributed by atoms with E-state index in [0.29, 0.717) is 27.2 Å². The molecule has 0 aromatic heterocycles. The van der Waals surface area contributed by atoms with Crippen LogP contribution in [0.15, 0.2) is 24.3 Å². The van der Waals surface area contributed by atoms with Crippen LogP contribution in [0, 0.1) is 11.5 Å². The molecule has 30 heavy (non-hydrogen) atoms. The summed E-state index contributed by atoms with van der Waals surface area (Å²) in [5, 5.41) is 0.571. The van der Waals surface area contributed by atoms with Crippen molar-refractivity contribution in [1.82, 2.24) is 0 Å². The minimum absolute atomic E-state index is 0.0281. The summed E-state index contributed by atoms with van der Waals surface area (Å²) in [5.74, 6) is 3.18. The van der Waals surface area contributed by atoms with Crippen molar-refractivity contribution in [2.45, 2.75) is 70.4 Å². The highest BCUT2D eigenvalue weighted by atomic mass is 35.5. The standard InChI is InChI=1S/C22H35ClO5SSi/c1-16(2)30(17(3)4,18(5)6)14-13-21(28-29(8,24)25)22(27-15-26-7)19-9-11-20(23)12-10-19/h9-12,16-18,21-22H,15H2,1-8H3. The molecule has 0 radical (unpaired) electrons. The lowest BCUT2D eigenvalue weighted by atomic mass is 10.0. The SMILES string of the molecule is COCOC(c1ccc(Cl)cc1)C(C#C[Si](C(C)C)(C(C)C)C(C)C)OS(C)(=O)=O. The van der Waals surface area contributed by atoms with Gasteiger partial charge in [-0.25, -0.2) is 0 Å². The molecule has 0 heterocycles. The minimum Gasteiger partial charge on any atom is -0.359 e. The van der Waals surface area contributed by atoms with Gasteiger partial charge >= 0.3 is 0 Å². The van der Waals surface area contributed by atoms with Gasteiger partial charge in [0, 0.05) is 12.1 Å². The van der Waals surface area contributed by atoms with Crippen molar-refractivity contribution in [3.8, 4) is 11.5 Å². The lowest BCUT2D eigenvalue weighted by molar-refractivity contribution is -0.0968. The molecule has 2 unspecified atom stereocenters. The molecule has 0 spiro atoms. The molecule has 0 saturated carbocycles. The fraction of sp³-hybridized carbons (Fsp3) is 0.636. The Balaban J connectivity index is 3.57. The molecule has 0 aliphatic rings. The Kier molecular flexibility index (Phi) is 10.5. The molecule has 0 saturated heterocycles. The zero-order valence-electron chi connectivity index (χ0n) is 19.2. The number of hydrogen-bond donors (Lipinski definition) is 0. The Morgan fingerprint density at radius 2 is 1.50 bits per heavy atom. The van der Waals surface area contributed by atoms with E-state index in [0.717, 1.165) is 6.26 Å². The third-order valence-corrected chi connectivity index (χ3v) is 12.5. The first-order valence-electron chi connectivity index (χ1n) is 10.1. The number of ether oxygens (including phenoxy) is 2. The molecule has 8 heteroatoms. The summed E-state index contributed by atoms with van der Waals surface area (Å²) >= 11 is 6.02. The molecule has 0 fully saturated rings. The third-order valence-electron chi connectivity index (χ3n) is 5.41. The topological polar surface area (TPSA) is 61.8 Å². The van der Waals surface area contributed by atoms with Crippen LogP contribution in [0.2, 0.25) is 21.6 Å². The molecule has 0 aliphatic carbocycles. The lowest BCUT2D eigenvalue weighted by Crippen LogP contribution is -2.43. The van der Waals surface area contributed by atoms with Gasteiger partial charge in [-0.15, -0.1) is 5.54 Å². The van der Waals surface area contributed by atoms with Gasteiger partial charge in [-0.2, -0.15) is 8.42 Å². The van der Waals surface area contributed by atoms with Crippen LogP contribution in [0.3, 0.4) is 0 Å². The Bertz CT molecular complexity index is 804. The third kappa shape index (κ3) is 7.36. The molecule has 170 valence electrons. The van der Waals surface area contributed by atoms with Crippen molar-refractivity contribution in [3.63, 3.8) is 0 Å². The molecule has 0 N–H and O–H groups in total. The van der Waals surface area contributed by atoms with Gasteiger partial charge in [0.25, 0.3) is 10.1 Å². The van der Waals surface area contributed by atoms with Crippen LogP contribution in [0.1, 0.15) is 53.2 Å². The summed E-state index contributed by atoms with van der Waals surface area (Å²) < 4.78 is 40.4. The van der Waals surface area contributed by atoms with Crippen molar-refractivity contribution in [2.75, 3.05) is 20.2 Å². The number of methoxy groups -OCH3 is 1. The van der Waals surface area contributed by atoms with E-state index in [1.165, 1.54) is 7.11 Å². The molecule has 2 atom stereocenters. The first-order chi connectivity index (χ1) is 13.8. The Hall–Kier alpha value is -0.883. The van der Waals surface area contributed by atoms with E-state index in [2.05, 4.69) is 53.0 Å². The van der Waals surface area contributed by atoms with Crippen molar-refractivity contribution in [1.29, 1.82) is 0 Å². The maximum atomic E-state index is 12.0. The van der Waals surface area contributed by atoms with Crippen LogP contribution in [-0.4, -0.2) is 42.8 Å². The van der Waals surface area contributed by atoms with Gasteiger partial charge in [-0.1, -0.05) is 71.2 Å². The van der Waals surface area contributed by atoms with Crippen molar-refractivity contribution in [2.24, 2.45) is 0 Å². The quantitative estimate of drug-likeness (QED) is 0.192. The second-order valence-corrected chi connectivity index (χ2v) is 16.1. The molecule has 5 nitrogen and oxygen atoms in total. The fourth-order valence-electron chi connectivity index (χ4n) is 4.12. The molecule has 1 aromatic carbocycles. The highest BCUT2D eigenvalue weighted by Crippen LogP contribution is 2.41. The highest BCUT2D eigenvalue weighted by Gasteiger charge is 2.42. The van der Waals surface area contributed by atoms with Crippen molar-refractivity contribution in [3.05, 3.63) is 34.9 Å². The van der Waals surface area contributed by atoms with Crippen LogP contribution >= 0.6 is 11.6 Å². The minimum atomic E-state index is -3.77. The highest BCUT2D eigenvalue weighted by molar-refractivity contribution is 7.86. The second kappa shape index (κ2) is 11.7. The van der Waals surface area contributed by atoms with Crippen LogP contribution in [0.25, 0.3) is 0 Å². The molecule has 0 aliphatic heterocycles. The van der Waals surface area contributed by atoms with E-state index in [-0.39, 0.29) is 6.79 Å². The van der Waals surface area contributed by atoms with E-state index in [1.54, 1.807) is 24.3 Å². The molecule has 1 rings (SSSR count). The maximum absolute atomic E-state index is 12.0. The maximum Gasteiger partial charge on any atom is 0.265 e. The summed E-state index contributed by atoms with van der Waals surface area (Å²) in [4.78, 5) is 0. The smallest absolute Gasteiger partial charge is 0.265 e. The molecular weight excluding hydrogens is 440 g/mol. The van der Waals surface area contributed by atoms with Crippen molar-refractivity contribution < 1.29 is 22.1 Å². The Labute approximate surface area is 188 Å². The lowest BCUT2D eigenvalue weighted by Gasteiger charge is -2.38. The first-order valence-corrected chi connectivity index (χ1v) is 14.5. The van der Waals surface area contributed by atoms with Gasteiger partial charge < -0.3 is 9.47 Å². The number of halogens is 1. The zero-order valence-corrected chi connectivity index (χ0v) is 21.8. The molecule has 1 aromatic rings. The monoisotopic (exact) mass is 474 g/mol. The van der Waals surface area contributed by atoms with E-state index >= 15 is 0 Å². The predicted octanol–water partition coefficient (Wildman–Crippen LogP) is 5.57. The predicted molar refractivity (Wildman–Crippen MR) is 126 cm³/mol. The second-order valence-electron chi connectivity index (χ2n) is 8.43. The number of hydrogen-bond acceptors (Lipinski definition) is 5. The van der Waals surface area contributed by atoms with Crippen LogP contribution in [0.4, 0.5) is 0 Å².